The van der Waals surface area contributed by atoms with E-state index >= 15 is 0 Å². The summed E-state index contributed by atoms with van der Waals surface area (Å²) in [6.45, 7) is 1.39. The molecule has 0 aliphatic carbocycles. The fraction of sp³-hybridized carbons (Fsp3) is 0.667. The van der Waals surface area contributed by atoms with E-state index in [9.17, 15) is 4.79 Å². The molecule has 4 heteroatoms. The van der Waals surface area contributed by atoms with Crippen molar-refractivity contribution in [1.29, 1.82) is 0 Å². The molecule has 0 aromatic carbocycles. The number of halogens is 1. The predicted octanol–water partition coefficient (Wildman–Crippen LogP) is 0.926. The maximum Gasteiger partial charge on any atom is 0.320 e. The van der Waals surface area contributed by atoms with E-state index in [0.717, 1.165) is 19.4 Å². The van der Waals surface area contributed by atoms with Crippen LogP contribution < -0.4 is 5.32 Å². The van der Waals surface area contributed by atoms with Gasteiger partial charge in [0.05, 0.1) is 7.11 Å². The minimum absolute atomic E-state index is 0.260. The van der Waals surface area contributed by atoms with Gasteiger partial charge in [-0.25, -0.2) is 0 Å². The van der Waals surface area contributed by atoms with Crippen LogP contribution in [-0.2, 0) is 9.53 Å². The Morgan fingerprint density at radius 2 is 2.46 bits per heavy atom. The monoisotopic (exact) mass is 247 g/mol. The van der Waals surface area contributed by atoms with Crippen LogP contribution in [0.25, 0.3) is 0 Å². The summed E-state index contributed by atoms with van der Waals surface area (Å²) in [5.41, 5.74) is 0. The lowest BCUT2D eigenvalue weighted by atomic mass is 10.3. The fourth-order valence-electron chi connectivity index (χ4n) is 0.755. The molecule has 0 aromatic heterocycles. The smallest absolute Gasteiger partial charge is 0.320 e. The Bertz CT molecular complexity index is 189. The number of terminal acetylenes is 1. The quantitative estimate of drug-likeness (QED) is 0.329. The second-order valence-electron chi connectivity index (χ2n) is 2.50. The Balaban J connectivity index is 3.32. The van der Waals surface area contributed by atoms with Crippen LogP contribution in [-0.4, -0.2) is 31.0 Å². The first-order valence-electron chi connectivity index (χ1n) is 4.08. The summed E-state index contributed by atoms with van der Waals surface area (Å²) in [4.78, 5) is 10.6. The molecule has 0 spiro atoms. The second kappa shape index (κ2) is 8.09. The molecule has 0 aromatic rings. The third-order valence-corrected chi connectivity index (χ3v) is 2.15. The molecule has 0 aliphatic heterocycles. The molecule has 0 bridgehead atoms. The molecule has 1 atom stereocenters. The van der Waals surface area contributed by atoms with E-state index in [0.29, 0.717) is 6.54 Å². The van der Waals surface area contributed by atoms with E-state index in [-0.39, 0.29) is 10.8 Å². The largest absolute Gasteiger partial charge is 0.468 e. The standard InChI is InChI=1S/C9H14BrNO2/c1-3-4-5-6-11-7-8(10)9(12)13-2/h1,8,11H,4-7H2,2H3. The lowest BCUT2D eigenvalue weighted by molar-refractivity contribution is -0.139. The summed E-state index contributed by atoms with van der Waals surface area (Å²) in [7, 11) is 1.37. The summed E-state index contributed by atoms with van der Waals surface area (Å²) in [6, 6.07) is 0. The molecule has 0 radical (unpaired) electrons. The van der Waals surface area contributed by atoms with Crippen LogP contribution in [0.15, 0.2) is 0 Å². The number of nitrogens with one attached hydrogen (secondary N) is 1. The summed E-state index contributed by atoms with van der Waals surface area (Å²) in [5, 5.41) is 3.09. The van der Waals surface area contributed by atoms with E-state index in [1.165, 1.54) is 7.11 Å². The zero-order valence-corrected chi connectivity index (χ0v) is 9.26. The van der Waals surface area contributed by atoms with E-state index in [2.05, 4.69) is 31.9 Å². The predicted molar refractivity (Wildman–Crippen MR) is 55.7 cm³/mol. The Morgan fingerprint density at radius 1 is 1.77 bits per heavy atom. The molecular formula is C9H14BrNO2. The van der Waals surface area contributed by atoms with Gasteiger partial charge in [0.1, 0.15) is 4.83 Å². The number of hydrogen-bond acceptors (Lipinski definition) is 3. The Labute approximate surface area is 87.4 Å². The van der Waals surface area contributed by atoms with Crippen molar-refractivity contribution in [3.05, 3.63) is 0 Å². The van der Waals surface area contributed by atoms with Crippen LogP contribution in [0, 0.1) is 12.3 Å². The average molecular weight is 248 g/mol. The SMILES string of the molecule is C#CCCCNCC(Br)C(=O)OC. The average Bonchev–Trinajstić information content (AvgIpc) is 2.16. The molecule has 74 valence electrons. The molecule has 1 N–H and O–H groups in total. The molecule has 0 saturated carbocycles. The van der Waals surface area contributed by atoms with Crippen molar-refractivity contribution < 1.29 is 9.53 Å². The van der Waals surface area contributed by atoms with Crippen molar-refractivity contribution in [2.24, 2.45) is 0 Å². The number of alkyl halides is 1. The molecule has 0 amide bonds. The van der Waals surface area contributed by atoms with E-state index in [4.69, 9.17) is 6.42 Å². The topological polar surface area (TPSA) is 38.3 Å². The van der Waals surface area contributed by atoms with Gasteiger partial charge in [0.15, 0.2) is 0 Å². The lowest BCUT2D eigenvalue weighted by Crippen LogP contribution is -2.30. The summed E-state index contributed by atoms with van der Waals surface area (Å²) in [5.74, 6) is 2.29. The van der Waals surface area contributed by atoms with E-state index in [1.54, 1.807) is 0 Å². The van der Waals surface area contributed by atoms with Crippen molar-refractivity contribution >= 4 is 21.9 Å². The number of unbranched alkanes of at least 4 members (excludes halogenated alkanes) is 1. The normalized spacial score (nSPS) is 11.8. The van der Waals surface area contributed by atoms with Gasteiger partial charge >= 0.3 is 5.97 Å². The lowest BCUT2D eigenvalue weighted by Gasteiger charge is -2.07. The van der Waals surface area contributed by atoms with E-state index in [1.807, 2.05) is 0 Å². The molecule has 0 fully saturated rings. The summed E-state index contributed by atoms with van der Waals surface area (Å²) < 4.78 is 4.53. The molecule has 0 rings (SSSR count). The summed E-state index contributed by atoms with van der Waals surface area (Å²) in [6.07, 6.45) is 6.77. The van der Waals surface area contributed by atoms with E-state index < -0.39 is 0 Å². The zero-order chi connectivity index (χ0) is 10.1. The number of rotatable bonds is 6. The molecule has 0 saturated heterocycles. The third-order valence-electron chi connectivity index (χ3n) is 1.46. The van der Waals surface area contributed by atoms with Gasteiger partial charge in [-0.3, -0.25) is 4.79 Å². The number of ether oxygens (including phenoxy) is 1. The number of carbonyl (C=O) groups excluding carboxylic acids is 1. The van der Waals surface area contributed by atoms with Crippen LogP contribution in [0.1, 0.15) is 12.8 Å². The molecule has 3 nitrogen and oxygen atoms in total. The van der Waals surface area contributed by atoms with Gasteiger partial charge in [0, 0.05) is 13.0 Å². The maximum absolute atomic E-state index is 10.9. The van der Waals surface area contributed by atoms with Crippen molar-refractivity contribution in [3.63, 3.8) is 0 Å². The molecule has 13 heavy (non-hydrogen) atoms. The van der Waals surface area contributed by atoms with Gasteiger partial charge in [0.2, 0.25) is 0 Å². The number of hydrogen-bond donors (Lipinski definition) is 1. The van der Waals surface area contributed by atoms with Gasteiger partial charge in [-0.15, -0.1) is 12.3 Å². The fourth-order valence-corrected chi connectivity index (χ4v) is 1.17. The minimum Gasteiger partial charge on any atom is -0.468 e. The van der Waals surface area contributed by atoms with Gasteiger partial charge in [-0.1, -0.05) is 15.9 Å². The first-order chi connectivity index (χ1) is 6.22. The Kier molecular flexibility index (Phi) is 7.76. The van der Waals surface area contributed by atoms with Crippen LogP contribution in [0.3, 0.4) is 0 Å². The third kappa shape index (κ3) is 6.62. The zero-order valence-electron chi connectivity index (χ0n) is 7.68. The highest BCUT2D eigenvalue weighted by molar-refractivity contribution is 9.10. The maximum atomic E-state index is 10.9. The highest BCUT2D eigenvalue weighted by Gasteiger charge is 2.13. The minimum atomic E-state index is -0.275. The highest BCUT2D eigenvalue weighted by atomic mass is 79.9. The van der Waals surface area contributed by atoms with Crippen LogP contribution in [0.4, 0.5) is 0 Å². The van der Waals surface area contributed by atoms with Gasteiger partial charge in [0.25, 0.3) is 0 Å². The number of esters is 1. The van der Waals surface area contributed by atoms with Crippen LogP contribution >= 0.6 is 15.9 Å². The Morgan fingerprint density at radius 3 is 3.00 bits per heavy atom. The second-order valence-corrected chi connectivity index (χ2v) is 3.61. The van der Waals surface area contributed by atoms with Crippen LogP contribution in [0.5, 0.6) is 0 Å². The molecule has 1 unspecified atom stereocenters. The molecule has 0 aliphatic rings. The van der Waals surface area contributed by atoms with Crippen molar-refractivity contribution in [3.8, 4) is 12.3 Å². The highest BCUT2D eigenvalue weighted by Crippen LogP contribution is 1.99. The first kappa shape index (κ1) is 12.5. The van der Waals surface area contributed by atoms with Crippen molar-refractivity contribution in [1.82, 2.24) is 5.32 Å². The van der Waals surface area contributed by atoms with Crippen LogP contribution in [0.2, 0.25) is 0 Å². The first-order valence-corrected chi connectivity index (χ1v) is 5.00. The van der Waals surface area contributed by atoms with Gasteiger partial charge in [-0.2, -0.15) is 0 Å². The van der Waals surface area contributed by atoms with Gasteiger partial charge < -0.3 is 10.1 Å². The molecular weight excluding hydrogens is 234 g/mol. The van der Waals surface area contributed by atoms with Crippen molar-refractivity contribution in [2.45, 2.75) is 17.7 Å². The van der Waals surface area contributed by atoms with Gasteiger partial charge in [-0.05, 0) is 13.0 Å². The number of methoxy groups -OCH3 is 1. The Hall–Kier alpha value is -0.530. The van der Waals surface area contributed by atoms with Crippen molar-refractivity contribution in [2.75, 3.05) is 20.2 Å². The number of carbonyl (C=O) groups is 1. The summed E-state index contributed by atoms with van der Waals surface area (Å²) >= 11 is 3.20. The molecule has 0 heterocycles.